The number of aromatic nitrogens is 5. The minimum absolute atomic E-state index is 0.0398. The topological polar surface area (TPSA) is 129 Å². The van der Waals surface area contributed by atoms with Crippen molar-refractivity contribution in [1.82, 2.24) is 24.7 Å². The van der Waals surface area contributed by atoms with Gasteiger partial charge in [0.05, 0.1) is 28.7 Å². The molecule has 8 rings (SSSR count). The molecule has 1 fully saturated rings. The second-order valence-electron chi connectivity index (χ2n) is 12.4. The number of pyridine rings is 2. The summed E-state index contributed by atoms with van der Waals surface area (Å²) < 4.78 is 2.86. The fraction of sp³-hybridized carbons (Fsp3) is 0.243. The van der Waals surface area contributed by atoms with Crippen molar-refractivity contribution in [3.05, 3.63) is 113 Å². The monoisotopic (exact) mass is 670 g/mol. The Balaban J connectivity index is 1.03. The number of anilines is 3. The molecule has 0 spiro atoms. The van der Waals surface area contributed by atoms with Gasteiger partial charge in [0.1, 0.15) is 11.6 Å². The summed E-state index contributed by atoms with van der Waals surface area (Å²) in [6.07, 6.45) is 4.77. The van der Waals surface area contributed by atoms with Crippen LogP contribution in [0.25, 0.3) is 21.3 Å². The fourth-order valence-electron chi connectivity index (χ4n) is 6.79. The molecule has 2 N–H and O–H groups in total. The standard InChI is InChI=1S/C37H34N8O3S/c1-23-28(20-38-45(23)21-25-9-7-13-32(39-25)43-17-4-5-18-43)26-14-15-33(41-34(26)36(47)48)44-19-16-24-8-6-10-27(29(24)22-44)35(46)42-37-40-30-11-2-3-12-31(30)49-37/h2-3,6-15,20H,4-5,16-19,21-22H2,1H3,(H,47,48)(H,40,42,46). The predicted octanol–water partition coefficient (Wildman–Crippen LogP) is 6.42. The minimum atomic E-state index is -1.11. The average Bonchev–Trinajstić information content (AvgIpc) is 3.88. The van der Waals surface area contributed by atoms with Gasteiger partial charge in [-0.25, -0.2) is 19.7 Å². The lowest BCUT2D eigenvalue weighted by molar-refractivity contribution is 0.0691. The summed E-state index contributed by atoms with van der Waals surface area (Å²) >= 11 is 1.44. The van der Waals surface area contributed by atoms with Gasteiger partial charge in [0.25, 0.3) is 5.91 Å². The van der Waals surface area contributed by atoms with Crippen molar-refractivity contribution in [2.24, 2.45) is 0 Å². The van der Waals surface area contributed by atoms with Gasteiger partial charge in [0, 0.05) is 48.6 Å². The second-order valence-corrected chi connectivity index (χ2v) is 13.4. The molecular formula is C37H34N8O3S. The third kappa shape index (κ3) is 5.99. The third-order valence-corrected chi connectivity index (χ3v) is 10.3. The van der Waals surface area contributed by atoms with Crippen LogP contribution in [0.3, 0.4) is 0 Å². The van der Waals surface area contributed by atoms with Crippen molar-refractivity contribution < 1.29 is 14.7 Å². The number of hydrogen-bond donors (Lipinski definition) is 2. The van der Waals surface area contributed by atoms with Gasteiger partial charge < -0.3 is 14.9 Å². The Labute approximate surface area is 286 Å². The Morgan fingerprint density at radius 2 is 1.67 bits per heavy atom. The predicted molar refractivity (Wildman–Crippen MR) is 191 cm³/mol. The first kappa shape index (κ1) is 30.7. The molecule has 2 aliphatic heterocycles. The average molecular weight is 671 g/mol. The fourth-order valence-corrected chi connectivity index (χ4v) is 7.65. The van der Waals surface area contributed by atoms with Crippen LogP contribution in [0, 0.1) is 6.92 Å². The number of para-hydroxylation sites is 1. The normalized spacial score (nSPS) is 14.3. The Hall–Kier alpha value is -5.62. The number of amides is 1. The maximum Gasteiger partial charge on any atom is 0.355 e. The highest BCUT2D eigenvalue weighted by Gasteiger charge is 2.26. The van der Waals surface area contributed by atoms with Crippen molar-refractivity contribution in [2.75, 3.05) is 34.8 Å². The van der Waals surface area contributed by atoms with E-state index in [2.05, 4.69) is 25.3 Å². The molecule has 49 heavy (non-hydrogen) atoms. The molecule has 2 aliphatic rings. The number of carboxylic acids is 1. The zero-order chi connectivity index (χ0) is 33.5. The molecule has 2 aromatic carbocycles. The van der Waals surface area contributed by atoms with Gasteiger partial charge in [0.2, 0.25) is 0 Å². The van der Waals surface area contributed by atoms with Crippen molar-refractivity contribution in [3.63, 3.8) is 0 Å². The molecule has 0 radical (unpaired) electrons. The molecule has 0 saturated carbocycles. The maximum atomic E-state index is 13.5. The molecule has 0 atom stereocenters. The molecule has 6 heterocycles. The van der Waals surface area contributed by atoms with Crippen molar-refractivity contribution in [3.8, 4) is 11.1 Å². The number of thiazole rings is 1. The van der Waals surface area contributed by atoms with Gasteiger partial charge in [-0.05, 0) is 79.8 Å². The number of carbonyl (C=O) groups excluding carboxylic acids is 1. The van der Waals surface area contributed by atoms with E-state index < -0.39 is 5.97 Å². The molecule has 4 aromatic heterocycles. The summed E-state index contributed by atoms with van der Waals surface area (Å²) in [5.41, 5.74) is 6.31. The first-order chi connectivity index (χ1) is 23.9. The molecule has 0 bridgehead atoms. The molecule has 6 aromatic rings. The Morgan fingerprint density at radius 3 is 2.51 bits per heavy atom. The highest BCUT2D eigenvalue weighted by Crippen LogP contribution is 2.32. The van der Waals surface area contributed by atoms with E-state index in [1.54, 1.807) is 6.20 Å². The summed E-state index contributed by atoms with van der Waals surface area (Å²) in [5.74, 6) is 0.186. The number of nitrogens with one attached hydrogen (secondary N) is 1. The number of fused-ring (bicyclic) bond motifs is 2. The Morgan fingerprint density at radius 1 is 0.857 bits per heavy atom. The Kier molecular flexibility index (Phi) is 8.00. The van der Waals surface area contributed by atoms with Crippen molar-refractivity contribution >= 4 is 50.2 Å². The van der Waals surface area contributed by atoms with Crippen LogP contribution in [0.2, 0.25) is 0 Å². The third-order valence-electron chi connectivity index (χ3n) is 9.37. The largest absolute Gasteiger partial charge is 0.476 e. The molecule has 11 nitrogen and oxygen atoms in total. The first-order valence-corrected chi connectivity index (χ1v) is 17.2. The lowest BCUT2D eigenvalue weighted by atomic mass is 9.94. The number of carbonyl (C=O) groups is 2. The van der Waals surface area contributed by atoms with Gasteiger partial charge in [-0.3, -0.25) is 14.8 Å². The van der Waals surface area contributed by atoms with Crippen LogP contribution in [0.1, 0.15) is 56.2 Å². The van der Waals surface area contributed by atoms with Gasteiger partial charge in [-0.15, -0.1) is 0 Å². The van der Waals surface area contributed by atoms with Gasteiger partial charge in [-0.2, -0.15) is 5.10 Å². The van der Waals surface area contributed by atoms with Gasteiger partial charge >= 0.3 is 5.97 Å². The minimum Gasteiger partial charge on any atom is -0.476 e. The molecule has 1 saturated heterocycles. The number of aromatic carboxylic acids is 1. The lowest BCUT2D eigenvalue weighted by Crippen LogP contribution is -2.33. The van der Waals surface area contributed by atoms with Crippen LogP contribution in [0.4, 0.5) is 16.8 Å². The van der Waals surface area contributed by atoms with Crippen LogP contribution in [-0.4, -0.2) is 61.3 Å². The van der Waals surface area contributed by atoms with Gasteiger partial charge in [-0.1, -0.05) is 41.7 Å². The molecule has 0 unspecified atom stereocenters. The molecule has 0 aliphatic carbocycles. The number of benzene rings is 2. The molecule has 1 amide bonds. The number of nitrogens with zero attached hydrogens (tertiary/aromatic N) is 7. The summed E-state index contributed by atoms with van der Waals surface area (Å²) in [7, 11) is 0. The van der Waals surface area contributed by atoms with E-state index >= 15 is 0 Å². The highest BCUT2D eigenvalue weighted by atomic mass is 32.1. The number of hydrogen-bond acceptors (Lipinski definition) is 9. The second kappa shape index (κ2) is 12.8. The zero-order valence-electron chi connectivity index (χ0n) is 27.0. The Bertz CT molecular complexity index is 2190. The summed E-state index contributed by atoms with van der Waals surface area (Å²) in [5, 5.41) is 18.4. The van der Waals surface area contributed by atoms with Crippen LogP contribution in [0.5, 0.6) is 0 Å². The molecule has 12 heteroatoms. The molecular weight excluding hydrogens is 637 g/mol. The van der Waals surface area contributed by atoms with E-state index in [1.165, 1.54) is 24.2 Å². The smallest absolute Gasteiger partial charge is 0.355 e. The van der Waals surface area contributed by atoms with E-state index in [4.69, 9.17) is 4.98 Å². The summed E-state index contributed by atoms with van der Waals surface area (Å²) in [6.45, 7) is 5.52. The number of carboxylic acid groups (broad SMARTS) is 1. The summed E-state index contributed by atoms with van der Waals surface area (Å²) in [6, 6.07) is 23.3. The molecule has 246 valence electrons. The first-order valence-electron chi connectivity index (χ1n) is 16.4. The van der Waals surface area contributed by atoms with E-state index in [0.29, 0.717) is 53.7 Å². The van der Waals surface area contributed by atoms with Crippen LogP contribution >= 0.6 is 11.3 Å². The van der Waals surface area contributed by atoms with Crippen molar-refractivity contribution in [1.29, 1.82) is 0 Å². The van der Waals surface area contributed by atoms with E-state index in [1.807, 2.05) is 89.3 Å². The highest BCUT2D eigenvalue weighted by molar-refractivity contribution is 7.22. The van der Waals surface area contributed by atoms with Crippen LogP contribution in [-0.2, 0) is 19.5 Å². The SMILES string of the molecule is Cc1c(-c2ccc(N3CCc4cccc(C(=O)Nc5nc6ccccc6s5)c4C3)nc2C(=O)O)cnn1Cc1cccc(N2CCCC2)n1. The summed E-state index contributed by atoms with van der Waals surface area (Å²) in [4.78, 5) is 44.5. The van der Waals surface area contributed by atoms with Crippen molar-refractivity contribution in [2.45, 2.75) is 39.3 Å². The quantitative estimate of drug-likeness (QED) is 0.189. The van der Waals surface area contributed by atoms with E-state index in [0.717, 1.165) is 51.6 Å². The number of rotatable bonds is 8. The van der Waals surface area contributed by atoms with Crippen LogP contribution in [0.15, 0.2) is 79.0 Å². The van der Waals surface area contributed by atoms with E-state index in [-0.39, 0.29) is 11.6 Å². The zero-order valence-corrected chi connectivity index (χ0v) is 27.8. The van der Waals surface area contributed by atoms with Gasteiger partial charge in [0.15, 0.2) is 10.8 Å². The van der Waals surface area contributed by atoms with Crippen LogP contribution < -0.4 is 15.1 Å². The van der Waals surface area contributed by atoms with E-state index in [9.17, 15) is 14.7 Å². The lowest BCUT2D eigenvalue weighted by Gasteiger charge is -2.31. The maximum absolute atomic E-state index is 13.5.